The summed E-state index contributed by atoms with van der Waals surface area (Å²) in [5.74, 6) is 1.60. The molecule has 0 amide bonds. The van der Waals surface area contributed by atoms with Crippen molar-refractivity contribution >= 4 is 22.4 Å². The van der Waals surface area contributed by atoms with Gasteiger partial charge in [-0.2, -0.15) is 0 Å². The van der Waals surface area contributed by atoms with Gasteiger partial charge in [0.05, 0.1) is 0 Å². The summed E-state index contributed by atoms with van der Waals surface area (Å²) in [5, 5.41) is 2.80. The summed E-state index contributed by atoms with van der Waals surface area (Å²) in [6, 6.07) is 22.3. The maximum Gasteiger partial charge on any atom is 0.135 e. The van der Waals surface area contributed by atoms with Gasteiger partial charge in [0.15, 0.2) is 0 Å². The molecule has 3 aromatic carbocycles. The molecule has 18 heavy (non-hydrogen) atoms. The van der Waals surface area contributed by atoms with Crippen LogP contribution in [0.25, 0.3) is 10.8 Å². The molecule has 0 aliphatic rings. The smallest absolute Gasteiger partial charge is 0.135 e. The first-order valence-corrected chi connectivity index (χ1v) is 6.03. The Hall–Kier alpha value is -1.99. The van der Waals surface area contributed by atoms with E-state index in [4.69, 9.17) is 16.3 Å². The van der Waals surface area contributed by atoms with Crippen LogP contribution >= 0.6 is 11.6 Å². The summed E-state index contributed by atoms with van der Waals surface area (Å²) in [7, 11) is 0. The molecule has 0 saturated carbocycles. The van der Waals surface area contributed by atoms with Crippen LogP contribution in [0, 0.1) is 6.07 Å². The number of ether oxygens (including phenoxy) is 1. The van der Waals surface area contributed by atoms with Crippen molar-refractivity contribution in [2.75, 3.05) is 0 Å². The summed E-state index contributed by atoms with van der Waals surface area (Å²) in [6.45, 7) is 0. The van der Waals surface area contributed by atoms with E-state index >= 15 is 0 Å². The van der Waals surface area contributed by atoms with Gasteiger partial charge in [0.1, 0.15) is 11.5 Å². The molecule has 0 fully saturated rings. The van der Waals surface area contributed by atoms with Crippen molar-refractivity contribution in [3.05, 3.63) is 71.8 Å². The Kier molecular flexibility index (Phi) is 2.91. The van der Waals surface area contributed by atoms with E-state index < -0.39 is 0 Å². The van der Waals surface area contributed by atoms with E-state index in [-0.39, 0.29) is 0 Å². The maximum absolute atomic E-state index is 5.87. The minimum atomic E-state index is 0.702. The van der Waals surface area contributed by atoms with Gasteiger partial charge in [-0.3, -0.25) is 0 Å². The summed E-state index contributed by atoms with van der Waals surface area (Å²) in [5.41, 5.74) is 0. The predicted molar refractivity (Wildman–Crippen MR) is 74.3 cm³/mol. The molecule has 0 unspecified atom stereocenters. The molecule has 1 nitrogen and oxygen atoms in total. The Labute approximate surface area is 111 Å². The number of hydrogen-bond donors (Lipinski definition) is 0. The third-order valence-corrected chi connectivity index (χ3v) is 2.96. The molecule has 0 spiro atoms. The molecule has 0 heterocycles. The van der Waals surface area contributed by atoms with Crippen LogP contribution in [0.2, 0.25) is 5.02 Å². The van der Waals surface area contributed by atoms with Crippen molar-refractivity contribution < 1.29 is 4.74 Å². The first-order valence-electron chi connectivity index (χ1n) is 5.66. The normalized spacial score (nSPS) is 10.5. The number of hydrogen-bond acceptors (Lipinski definition) is 1. The van der Waals surface area contributed by atoms with Crippen LogP contribution in [0.15, 0.2) is 60.7 Å². The van der Waals surface area contributed by atoms with Gasteiger partial charge in [0.25, 0.3) is 0 Å². The van der Waals surface area contributed by atoms with Gasteiger partial charge < -0.3 is 4.74 Å². The molecule has 0 aliphatic heterocycles. The number of halogens is 1. The van der Waals surface area contributed by atoms with Crippen molar-refractivity contribution in [1.82, 2.24) is 0 Å². The minimum absolute atomic E-state index is 0.702. The Bertz CT molecular complexity index is 669. The third kappa shape index (κ3) is 2.18. The van der Waals surface area contributed by atoms with Crippen LogP contribution in [0.3, 0.4) is 0 Å². The predicted octanol–water partition coefficient (Wildman–Crippen LogP) is 5.09. The zero-order valence-corrected chi connectivity index (χ0v) is 10.3. The molecule has 3 rings (SSSR count). The number of benzene rings is 3. The Balaban J connectivity index is 2.02. The van der Waals surface area contributed by atoms with Gasteiger partial charge >= 0.3 is 0 Å². The topological polar surface area (TPSA) is 9.23 Å². The van der Waals surface area contributed by atoms with Gasteiger partial charge in [-0.25, -0.2) is 0 Å². The summed E-state index contributed by atoms with van der Waals surface area (Å²) >= 11 is 5.85. The van der Waals surface area contributed by atoms with Gasteiger partial charge in [-0.15, -0.1) is 0 Å². The summed E-state index contributed by atoms with van der Waals surface area (Å²) in [6.07, 6.45) is 0. The highest BCUT2D eigenvalue weighted by Gasteiger charge is 2.02. The highest BCUT2D eigenvalue weighted by atomic mass is 35.5. The lowest BCUT2D eigenvalue weighted by atomic mass is 10.1. The zero-order chi connectivity index (χ0) is 12.4. The fourth-order valence-corrected chi connectivity index (χ4v) is 1.97. The molecule has 3 aromatic rings. The second-order valence-electron chi connectivity index (χ2n) is 3.94. The lowest BCUT2D eigenvalue weighted by Crippen LogP contribution is -1.85. The molecule has 87 valence electrons. The first-order chi connectivity index (χ1) is 8.83. The minimum Gasteiger partial charge on any atom is -0.457 e. The van der Waals surface area contributed by atoms with E-state index in [0.717, 1.165) is 22.3 Å². The molecule has 0 aromatic heterocycles. The van der Waals surface area contributed by atoms with Crippen molar-refractivity contribution in [3.8, 4) is 11.5 Å². The lowest BCUT2D eigenvalue weighted by molar-refractivity contribution is 0.488. The van der Waals surface area contributed by atoms with Gasteiger partial charge in [0.2, 0.25) is 0 Å². The van der Waals surface area contributed by atoms with Crippen molar-refractivity contribution in [3.63, 3.8) is 0 Å². The average Bonchev–Trinajstić information content (AvgIpc) is 2.42. The lowest BCUT2D eigenvalue weighted by Gasteiger charge is -2.08. The molecular formula is C16H10ClO. The van der Waals surface area contributed by atoms with Gasteiger partial charge in [-0.1, -0.05) is 41.9 Å². The van der Waals surface area contributed by atoms with Gasteiger partial charge in [0, 0.05) is 10.4 Å². The molecular weight excluding hydrogens is 244 g/mol. The number of fused-ring (bicyclic) bond motifs is 1. The number of rotatable bonds is 2. The van der Waals surface area contributed by atoms with Crippen LogP contribution in [0.5, 0.6) is 11.5 Å². The van der Waals surface area contributed by atoms with Crippen LogP contribution in [-0.4, -0.2) is 0 Å². The van der Waals surface area contributed by atoms with Crippen molar-refractivity contribution in [2.24, 2.45) is 0 Å². The van der Waals surface area contributed by atoms with E-state index in [0.29, 0.717) is 5.02 Å². The summed E-state index contributed by atoms with van der Waals surface area (Å²) < 4.78 is 5.87. The molecule has 0 bridgehead atoms. The van der Waals surface area contributed by atoms with E-state index in [1.54, 1.807) is 0 Å². The van der Waals surface area contributed by atoms with Gasteiger partial charge in [-0.05, 0) is 41.8 Å². The van der Waals surface area contributed by atoms with Crippen LogP contribution in [0.1, 0.15) is 0 Å². The van der Waals surface area contributed by atoms with E-state index in [1.165, 1.54) is 0 Å². The fraction of sp³-hybridized carbons (Fsp3) is 0. The zero-order valence-electron chi connectivity index (χ0n) is 9.56. The van der Waals surface area contributed by atoms with Crippen molar-refractivity contribution in [1.29, 1.82) is 0 Å². The molecule has 0 atom stereocenters. The molecule has 0 N–H and O–H groups in total. The average molecular weight is 254 g/mol. The molecule has 2 heteroatoms. The van der Waals surface area contributed by atoms with Crippen LogP contribution in [-0.2, 0) is 0 Å². The van der Waals surface area contributed by atoms with Crippen molar-refractivity contribution in [2.45, 2.75) is 0 Å². The summed E-state index contributed by atoms with van der Waals surface area (Å²) in [4.78, 5) is 0. The highest BCUT2D eigenvalue weighted by Crippen LogP contribution is 2.29. The SMILES string of the molecule is Clc1ccc(Oc2cc[c]c3ccccc23)cc1. The van der Waals surface area contributed by atoms with E-state index in [9.17, 15) is 0 Å². The largest absolute Gasteiger partial charge is 0.457 e. The second kappa shape index (κ2) is 4.71. The highest BCUT2D eigenvalue weighted by molar-refractivity contribution is 6.30. The Morgan fingerprint density at radius 3 is 2.50 bits per heavy atom. The first kappa shape index (κ1) is 11.1. The second-order valence-corrected chi connectivity index (χ2v) is 4.38. The van der Waals surface area contributed by atoms with E-state index in [1.807, 2.05) is 60.7 Å². The van der Waals surface area contributed by atoms with Crippen LogP contribution in [0.4, 0.5) is 0 Å². The quantitative estimate of drug-likeness (QED) is 0.618. The maximum atomic E-state index is 5.87. The Morgan fingerprint density at radius 2 is 1.67 bits per heavy atom. The fourth-order valence-electron chi connectivity index (χ4n) is 1.84. The Morgan fingerprint density at radius 1 is 0.889 bits per heavy atom. The van der Waals surface area contributed by atoms with E-state index in [2.05, 4.69) is 6.07 Å². The molecule has 1 radical (unpaired) electrons. The molecule has 0 saturated heterocycles. The standard InChI is InChI=1S/C16H10ClO/c17-13-8-10-14(11-9-13)18-16-7-3-5-12-4-1-2-6-15(12)16/h1-4,6-11H. The monoisotopic (exact) mass is 253 g/mol. The molecule has 0 aliphatic carbocycles. The third-order valence-electron chi connectivity index (χ3n) is 2.71. The van der Waals surface area contributed by atoms with Crippen LogP contribution < -0.4 is 4.74 Å².